The first kappa shape index (κ1) is 31.5. The minimum Gasteiger partial charge on any atom is -0.507 e. The Bertz CT molecular complexity index is 1540. The minimum absolute atomic E-state index is 0.117. The van der Waals surface area contributed by atoms with Gasteiger partial charge in [0, 0.05) is 33.2 Å². The van der Waals surface area contributed by atoms with Crippen LogP contribution >= 0.6 is 45.2 Å². The molecule has 208 valence electrons. The molecule has 3 aromatic carbocycles. The van der Waals surface area contributed by atoms with Gasteiger partial charge in [-0.2, -0.15) is 0 Å². The molecule has 0 amide bonds. The van der Waals surface area contributed by atoms with Gasteiger partial charge in [0.2, 0.25) is 0 Å². The molecule has 1 aliphatic carbocycles. The molecule has 0 atom stereocenters. The standard InChI is InChI=1S/C20H15I2N3O2.C8H10N2.C3H8/c1-11-6-14(21)8-12(19(11)26)7-13-9-15(22)10-18(20(13)27)25-23-16-4-2-3-5-17(16)24-25;1-9-7-5-3-4-6-8(7)10-2;1-3-2/h2-6,8-10,26-27H,7H2,1H3;3-6H,1-2H3;3H2,1-2H3. The lowest BCUT2D eigenvalue weighted by atomic mass is 10.0. The summed E-state index contributed by atoms with van der Waals surface area (Å²) in [6.45, 7) is 6.13. The van der Waals surface area contributed by atoms with Gasteiger partial charge in [-0.05, 0) is 112 Å². The Balaban J connectivity index is 0.000000283. The quantitative estimate of drug-likeness (QED) is 0.166. The highest BCUT2D eigenvalue weighted by Crippen LogP contribution is 2.34. The van der Waals surface area contributed by atoms with Crippen LogP contribution in [0.1, 0.15) is 37.0 Å². The second-order valence-electron chi connectivity index (χ2n) is 8.96. The first-order chi connectivity index (χ1) is 19.2. The number of phenols is 2. The van der Waals surface area contributed by atoms with Gasteiger partial charge in [-0.25, -0.2) is 0 Å². The fraction of sp³-hybridized carbons (Fsp3) is 0.226. The maximum Gasteiger partial charge on any atom is 0.146 e. The van der Waals surface area contributed by atoms with Gasteiger partial charge in [0.05, 0.1) is 11.4 Å². The molecule has 9 heteroatoms. The monoisotopic (exact) mass is 761 g/mol. The molecule has 1 aliphatic rings. The maximum atomic E-state index is 10.9. The second kappa shape index (κ2) is 15.1. The van der Waals surface area contributed by atoms with E-state index >= 15 is 0 Å². The minimum atomic E-state index is 0.117. The predicted octanol–water partition coefficient (Wildman–Crippen LogP) is 7.61. The Hall–Kier alpha value is -3.06. The van der Waals surface area contributed by atoms with E-state index in [4.69, 9.17) is 0 Å². The van der Waals surface area contributed by atoms with Crippen LogP contribution in [-0.2, 0) is 6.42 Å². The van der Waals surface area contributed by atoms with Crippen LogP contribution < -0.4 is 0 Å². The molecule has 0 saturated carbocycles. The van der Waals surface area contributed by atoms with Crippen molar-refractivity contribution < 1.29 is 10.2 Å². The third-order valence-electron chi connectivity index (χ3n) is 5.72. The number of nitrogens with zero attached hydrogens (tertiary/aromatic N) is 5. The zero-order valence-corrected chi connectivity index (χ0v) is 27.5. The zero-order valence-electron chi connectivity index (χ0n) is 23.2. The van der Waals surface area contributed by atoms with Crippen molar-refractivity contribution in [3.8, 4) is 17.2 Å². The van der Waals surface area contributed by atoms with Crippen molar-refractivity contribution in [3.63, 3.8) is 0 Å². The van der Waals surface area contributed by atoms with Crippen LogP contribution in [0.3, 0.4) is 0 Å². The van der Waals surface area contributed by atoms with Crippen LogP contribution in [-0.4, -0.2) is 50.7 Å². The summed E-state index contributed by atoms with van der Waals surface area (Å²) < 4.78 is 2.00. The van der Waals surface area contributed by atoms with Gasteiger partial charge in [0.15, 0.2) is 0 Å². The number of aromatic hydroxyl groups is 2. The number of hydrogen-bond donors (Lipinski definition) is 2. The molecule has 0 saturated heterocycles. The Morgan fingerprint density at radius 3 is 1.75 bits per heavy atom. The number of aliphatic imine (C=N–C) groups is 2. The lowest BCUT2D eigenvalue weighted by Gasteiger charge is -2.13. The van der Waals surface area contributed by atoms with Gasteiger partial charge >= 0.3 is 0 Å². The van der Waals surface area contributed by atoms with Crippen molar-refractivity contribution in [2.75, 3.05) is 14.1 Å². The highest BCUT2D eigenvalue weighted by molar-refractivity contribution is 14.1. The lowest BCUT2D eigenvalue weighted by molar-refractivity contribution is 0.456. The zero-order chi connectivity index (χ0) is 29.2. The molecule has 7 nitrogen and oxygen atoms in total. The van der Waals surface area contributed by atoms with E-state index < -0.39 is 0 Å². The van der Waals surface area contributed by atoms with Gasteiger partial charge in [-0.15, -0.1) is 15.0 Å². The second-order valence-corrected chi connectivity index (χ2v) is 11.5. The number of halogens is 2. The molecule has 1 heterocycles. The summed E-state index contributed by atoms with van der Waals surface area (Å²) in [5, 5.41) is 30.2. The molecule has 0 spiro atoms. The molecule has 2 N–H and O–H groups in total. The van der Waals surface area contributed by atoms with E-state index in [1.54, 1.807) is 14.1 Å². The summed E-state index contributed by atoms with van der Waals surface area (Å²) >= 11 is 4.44. The molecule has 1 aromatic heterocycles. The van der Waals surface area contributed by atoms with E-state index in [2.05, 4.69) is 79.2 Å². The molecule has 40 heavy (non-hydrogen) atoms. The summed E-state index contributed by atoms with van der Waals surface area (Å²) in [5.41, 5.74) is 6.27. The molecule has 0 fully saturated rings. The number of fused-ring (bicyclic) bond motifs is 1. The number of allylic oxidation sites excluding steroid dienone is 4. The van der Waals surface area contributed by atoms with Crippen molar-refractivity contribution in [2.45, 2.75) is 33.6 Å². The maximum absolute atomic E-state index is 10.9. The molecule has 0 aliphatic heterocycles. The smallest absolute Gasteiger partial charge is 0.146 e. The Morgan fingerprint density at radius 1 is 0.775 bits per heavy atom. The summed E-state index contributed by atoms with van der Waals surface area (Å²) in [4.78, 5) is 9.56. The number of phenolic OH excluding ortho intramolecular Hbond substituents is 2. The third-order valence-corrected chi connectivity index (χ3v) is 6.97. The predicted molar refractivity (Wildman–Crippen MR) is 183 cm³/mol. The molecule has 5 rings (SSSR count). The first-order valence-electron chi connectivity index (χ1n) is 12.8. The van der Waals surface area contributed by atoms with E-state index in [1.165, 1.54) is 11.2 Å². The lowest BCUT2D eigenvalue weighted by Crippen LogP contribution is -2.10. The molecule has 0 bridgehead atoms. The van der Waals surface area contributed by atoms with Crippen LogP contribution in [0, 0.1) is 14.1 Å². The van der Waals surface area contributed by atoms with Crippen LogP contribution in [0.4, 0.5) is 0 Å². The van der Waals surface area contributed by atoms with E-state index in [0.717, 1.165) is 46.3 Å². The van der Waals surface area contributed by atoms with E-state index in [1.807, 2.05) is 79.8 Å². The van der Waals surface area contributed by atoms with Gasteiger partial charge in [-0.3, -0.25) is 9.98 Å². The highest BCUT2D eigenvalue weighted by Gasteiger charge is 2.16. The van der Waals surface area contributed by atoms with Gasteiger partial charge in [-0.1, -0.05) is 44.6 Å². The van der Waals surface area contributed by atoms with Crippen molar-refractivity contribution >= 4 is 67.6 Å². The van der Waals surface area contributed by atoms with Crippen LogP contribution in [0.25, 0.3) is 16.7 Å². The van der Waals surface area contributed by atoms with Crippen molar-refractivity contribution in [1.82, 2.24) is 15.0 Å². The van der Waals surface area contributed by atoms with Crippen molar-refractivity contribution in [3.05, 3.63) is 96.7 Å². The SMILES string of the molecule is CCC.CN=C1C=CC=CC1=NC.Cc1cc(I)cc(Cc2cc(I)cc(-n3nc4ccccc4n3)c2O)c1O. The topological polar surface area (TPSA) is 95.9 Å². The summed E-state index contributed by atoms with van der Waals surface area (Å²) in [6, 6.07) is 15.2. The number of aryl methyl sites for hydroxylation is 1. The highest BCUT2D eigenvalue weighted by atomic mass is 127. The normalized spacial score (nSPS) is 14.2. The number of rotatable bonds is 3. The average molecular weight is 761 g/mol. The molecule has 0 unspecified atom stereocenters. The largest absolute Gasteiger partial charge is 0.507 e. The van der Waals surface area contributed by atoms with Gasteiger partial charge < -0.3 is 10.2 Å². The Morgan fingerprint density at radius 2 is 1.25 bits per heavy atom. The van der Waals surface area contributed by atoms with Crippen LogP contribution in [0.2, 0.25) is 0 Å². The fourth-order valence-electron chi connectivity index (χ4n) is 3.88. The Labute approximate surface area is 262 Å². The van der Waals surface area contributed by atoms with Crippen molar-refractivity contribution in [2.24, 2.45) is 9.98 Å². The van der Waals surface area contributed by atoms with Gasteiger partial charge in [0.1, 0.15) is 28.2 Å². The average Bonchev–Trinajstić information content (AvgIpc) is 3.38. The number of aromatic nitrogens is 3. The van der Waals surface area contributed by atoms with Crippen LogP contribution in [0.5, 0.6) is 11.5 Å². The number of benzene rings is 3. The summed E-state index contributed by atoms with van der Waals surface area (Å²) in [5.74, 6) is 0.379. The van der Waals surface area contributed by atoms with Gasteiger partial charge in [0.25, 0.3) is 0 Å². The molecular weight excluding hydrogens is 728 g/mol. The van der Waals surface area contributed by atoms with Crippen LogP contribution in [0.15, 0.2) is 82.8 Å². The van der Waals surface area contributed by atoms with E-state index in [9.17, 15) is 10.2 Å². The third kappa shape index (κ3) is 8.00. The molecule has 0 radical (unpaired) electrons. The van der Waals surface area contributed by atoms with E-state index in [0.29, 0.717) is 12.1 Å². The van der Waals surface area contributed by atoms with E-state index in [-0.39, 0.29) is 11.5 Å². The molecular formula is C31H33I2N5O2. The summed E-state index contributed by atoms with van der Waals surface area (Å²) in [7, 11) is 3.54. The Kier molecular flexibility index (Phi) is 11.9. The summed E-state index contributed by atoms with van der Waals surface area (Å²) in [6.07, 6.45) is 9.47. The fourth-order valence-corrected chi connectivity index (χ4v) is 5.40. The first-order valence-corrected chi connectivity index (χ1v) is 15.0. The number of hydrogen-bond acceptors (Lipinski definition) is 6. The van der Waals surface area contributed by atoms with Crippen molar-refractivity contribution in [1.29, 1.82) is 0 Å². The molecule has 4 aromatic rings.